The zero-order valence-corrected chi connectivity index (χ0v) is 12.3. The third kappa shape index (κ3) is 3.84. The molecule has 1 aromatic heterocycles. The summed E-state index contributed by atoms with van der Waals surface area (Å²) >= 11 is 3.34. The number of nitrogens with one attached hydrogen (secondary N) is 1. The SMILES string of the molecule is CCCn1ncnc1CNCc1cc(Br)ccc1F. The van der Waals surface area contributed by atoms with Crippen LogP contribution < -0.4 is 5.32 Å². The minimum absolute atomic E-state index is 0.203. The predicted molar refractivity (Wildman–Crippen MR) is 75.0 cm³/mol. The van der Waals surface area contributed by atoms with Crippen LogP contribution in [-0.4, -0.2) is 14.8 Å². The molecule has 0 aliphatic heterocycles. The fourth-order valence-corrected chi connectivity index (χ4v) is 2.22. The molecular formula is C13H16BrFN4. The van der Waals surface area contributed by atoms with Gasteiger partial charge in [0.05, 0.1) is 6.54 Å². The molecule has 0 aliphatic carbocycles. The molecule has 0 spiro atoms. The molecule has 1 heterocycles. The van der Waals surface area contributed by atoms with E-state index in [2.05, 4.69) is 38.3 Å². The van der Waals surface area contributed by atoms with Crippen molar-refractivity contribution in [3.8, 4) is 0 Å². The molecule has 4 nitrogen and oxygen atoms in total. The van der Waals surface area contributed by atoms with Gasteiger partial charge in [0.2, 0.25) is 0 Å². The molecule has 6 heteroatoms. The standard InChI is InChI=1S/C13H16BrFN4/c1-2-5-19-13(17-9-18-19)8-16-7-10-6-11(14)3-4-12(10)15/h3-4,6,9,16H,2,5,7-8H2,1H3. The molecule has 0 saturated carbocycles. The number of hydrogen-bond donors (Lipinski definition) is 1. The highest BCUT2D eigenvalue weighted by atomic mass is 79.9. The van der Waals surface area contributed by atoms with E-state index in [1.165, 1.54) is 6.07 Å². The first-order chi connectivity index (χ1) is 9.20. The van der Waals surface area contributed by atoms with Gasteiger partial charge in [-0.3, -0.25) is 0 Å². The molecule has 1 aromatic carbocycles. The Morgan fingerprint density at radius 1 is 1.37 bits per heavy atom. The van der Waals surface area contributed by atoms with Gasteiger partial charge >= 0.3 is 0 Å². The van der Waals surface area contributed by atoms with E-state index in [9.17, 15) is 4.39 Å². The number of benzene rings is 1. The van der Waals surface area contributed by atoms with E-state index in [0.717, 1.165) is 23.3 Å². The summed E-state index contributed by atoms with van der Waals surface area (Å²) in [5, 5.41) is 7.33. The third-order valence-electron chi connectivity index (χ3n) is 2.74. The molecular weight excluding hydrogens is 311 g/mol. The summed E-state index contributed by atoms with van der Waals surface area (Å²) in [4.78, 5) is 4.19. The van der Waals surface area contributed by atoms with E-state index < -0.39 is 0 Å². The van der Waals surface area contributed by atoms with E-state index >= 15 is 0 Å². The minimum atomic E-state index is -0.203. The zero-order chi connectivity index (χ0) is 13.7. The number of aryl methyl sites for hydroxylation is 1. The van der Waals surface area contributed by atoms with Crippen LogP contribution in [0.15, 0.2) is 29.0 Å². The lowest BCUT2D eigenvalue weighted by molar-refractivity contribution is 0.534. The Morgan fingerprint density at radius 3 is 3.00 bits per heavy atom. The summed E-state index contributed by atoms with van der Waals surface area (Å²) in [6, 6.07) is 4.93. The van der Waals surface area contributed by atoms with Crippen LogP contribution in [0, 0.1) is 5.82 Å². The topological polar surface area (TPSA) is 42.7 Å². The van der Waals surface area contributed by atoms with Gasteiger partial charge in [-0.05, 0) is 24.6 Å². The smallest absolute Gasteiger partial charge is 0.140 e. The van der Waals surface area contributed by atoms with E-state index in [1.807, 2.05) is 4.68 Å². The van der Waals surface area contributed by atoms with Gasteiger partial charge in [0.25, 0.3) is 0 Å². The van der Waals surface area contributed by atoms with E-state index in [-0.39, 0.29) is 5.82 Å². The predicted octanol–water partition coefficient (Wildman–Crippen LogP) is 2.88. The molecule has 0 atom stereocenters. The second kappa shape index (κ2) is 6.77. The van der Waals surface area contributed by atoms with Crippen molar-refractivity contribution in [1.29, 1.82) is 0 Å². The Hall–Kier alpha value is -1.27. The lowest BCUT2D eigenvalue weighted by atomic mass is 10.2. The first kappa shape index (κ1) is 14.1. The molecule has 0 bridgehead atoms. The molecule has 2 aromatic rings. The zero-order valence-electron chi connectivity index (χ0n) is 10.7. The monoisotopic (exact) mass is 326 g/mol. The Morgan fingerprint density at radius 2 is 2.21 bits per heavy atom. The average Bonchev–Trinajstić information content (AvgIpc) is 2.82. The molecule has 1 N–H and O–H groups in total. The first-order valence-corrected chi connectivity index (χ1v) is 7.01. The van der Waals surface area contributed by atoms with Gasteiger partial charge in [0, 0.05) is 23.1 Å². The Bertz CT molecular complexity index is 541. The van der Waals surface area contributed by atoms with Gasteiger partial charge in [-0.25, -0.2) is 14.1 Å². The van der Waals surface area contributed by atoms with E-state index in [1.54, 1.807) is 18.5 Å². The highest BCUT2D eigenvalue weighted by Crippen LogP contribution is 2.15. The van der Waals surface area contributed by atoms with Crippen LogP contribution in [-0.2, 0) is 19.6 Å². The second-order valence-corrected chi connectivity index (χ2v) is 5.15. The Labute approximate surface area is 120 Å². The van der Waals surface area contributed by atoms with Crippen molar-refractivity contribution in [2.24, 2.45) is 0 Å². The van der Waals surface area contributed by atoms with Crippen molar-refractivity contribution in [3.05, 3.63) is 46.2 Å². The summed E-state index contributed by atoms with van der Waals surface area (Å²) in [6.45, 7) is 3.98. The number of nitrogens with zero attached hydrogens (tertiary/aromatic N) is 3. The van der Waals surface area contributed by atoms with Crippen LogP contribution >= 0.6 is 15.9 Å². The fraction of sp³-hybridized carbons (Fsp3) is 0.385. The van der Waals surface area contributed by atoms with Gasteiger partial charge in [-0.1, -0.05) is 22.9 Å². The van der Waals surface area contributed by atoms with E-state index in [0.29, 0.717) is 18.7 Å². The summed E-state index contributed by atoms with van der Waals surface area (Å²) in [7, 11) is 0. The molecule has 102 valence electrons. The molecule has 0 radical (unpaired) electrons. The first-order valence-electron chi connectivity index (χ1n) is 6.22. The Kier molecular flexibility index (Phi) is 5.04. The largest absolute Gasteiger partial charge is 0.306 e. The van der Waals surface area contributed by atoms with Crippen LogP contribution in [0.1, 0.15) is 24.7 Å². The van der Waals surface area contributed by atoms with Gasteiger partial charge in [-0.15, -0.1) is 0 Å². The lowest BCUT2D eigenvalue weighted by Crippen LogP contribution is -2.18. The van der Waals surface area contributed by atoms with Crippen LogP contribution in [0.3, 0.4) is 0 Å². The molecule has 0 fully saturated rings. The number of aromatic nitrogens is 3. The van der Waals surface area contributed by atoms with E-state index in [4.69, 9.17) is 0 Å². The summed E-state index contributed by atoms with van der Waals surface area (Å²) in [5.41, 5.74) is 0.635. The van der Waals surface area contributed by atoms with Gasteiger partial charge in [-0.2, -0.15) is 5.10 Å². The average molecular weight is 327 g/mol. The van der Waals surface area contributed by atoms with Gasteiger partial charge in [0.1, 0.15) is 18.0 Å². The third-order valence-corrected chi connectivity index (χ3v) is 3.23. The maximum absolute atomic E-state index is 13.5. The lowest BCUT2D eigenvalue weighted by Gasteiger charge is -2.07. The highest BCUT2D eigenvalue weighted by Gasteiger charge is 2.05. The minimum Gasteiger partial charge on any atom is -0.306 e. The molecule has 19 heavy (non-hydrogen) atoms. The molecule has 0 unspecified atom stereocenters. The molecule has 2 rings (SSSR count). The fourth-order valence-electron chi connectivity index (χ4n) is 1.81. The van der Waals surface area contributed by atoms with Crippen LogP contribution in [0.5, 0.6) is 0 Å². The maximum atomic E-state index is 13.5. The van der Waals surface area contributed by atoms with Crippen molar-refractivity contribution in [2.75, 3.05) is 0 Å². The van der Waals surface area contributed by atoms with Crippen LogP contribution in [0.2, 0.25) is 0 Å². The molecule has 0 aliphatic rings. The van der Waals surface area contributed by atoms with Crippen molar-refractivity contribution >= 4 is 15.9 Å². The quantitative estimate of drug-likeness (QED) is 0.887. The summed E-state index contributed by atoms with van der Waals surface area (Å²) < 4.78 is 16.3. The van der Waals surface area contributed by atoms with Crippen molar-refractivity contribution < 1.29 is 4.39 Å². The van der Waals surface area contributed by atoms with Crippen molar-refractivity contribution in [1.82, 2.24) is 20.1 Å². The Balaban J connectivity index is 1.92. The number of hydrogen-bond acceptors (Lipinski definition) is 3. The normalized spacial score (nSPS) is 10.9. The van der Waals surface area contributed by atoms with Crippen LogP contribution in [0.4, 0.5) is 4.39 Å². The summed E-state index contributed by atoms with van der Waals surface area (Å²) in [5.74, 6) is 0.669. The van der Waals surface area contributed by atoms with Crippen molar-refractivity contribution in [3.63, 3.8) is 0 Å². The number of halogens is 2. The summed E-state index contributed by atoms with van der Waals surface area (Å²) in [6.07, 6.45) is 2.56. The highest BCUT2D eigenvalue weighted by molar-refractivity contribution is 9.10. The number of rotatable bonds is 6. The maximum Gasteiger partial charge on any atom is 0.140 e. The van der Waals surface area contributed by atoms with Gasteiger partial charge in [0.15, 0.2) is 0 Å². The van der Waals surface area contributed by atoms with Gasteiger partial charge < -0.3 is 5.32 Å². The second-order valence-electron chi connectivity index (χ2n) is 4.24. The van der Waals surface area contributed by atoms with Crippen molar-refractivity contribution in [2.45, 2.75) is 33.0 Å². The molecule has 0 amide bonds. The van der Waals surface area contributed by atoms with Crippen LogP contribution in [0.25, 0.3) is 0 Å². The molecule has 0 saturated heterocycles.